The Balaban J connectivity index is 1.84. The number of H-pyrrole nitrogens is 1. The van der Waals surface area contributed by atoms with Crippen LogP contribution in [0.4, 0.5) is 10.3 Å². The van der Waals surface area contributed by atoms with Gasteiger partial charge < -0.3 is 4.74 Å². The van der Waals surface area contributed by atoms with Crippen LogP contribution in [0.1, 0.15) is 18.1 Å². The van der Waals surface area contributed by atoms with Crippen molar-refractivity contribution in [2.24, 2.45) is 5.10 Å². The molecule has 0 radical (unpaired) electrons. The molecule has 2 aromatic carbocycles. The second-order valence-electron chi connectivity index (χ2n) is 5.61. The third kappa shape index (κ3) is 4.22. The minimum Gasteiger partial charge on any atom is -0.491 e. The summed E-state index contributed by atoms with van der Waals surface area (Å²) in [6.07, 6.45) is 1.37. The van der Waals surface area contributed by atoms with Crippen LogP contribution in [-0.2, 0) is 0 Å². The van der Waals surface area contributed by atoms with Crippen molar-refractivity contribution >= 4 is 12.2 Å². The predicted molar refractivity (Wildman–Crippen MR) is 104 cm³/mol. The van der Waals surface area contributed by atoms with Gasteiger partial charge in [0.1, 0.15) is 11.6 Å². The highest BCUT2D eigenvalue weighted by Crippen LogP contribution is 2.20. The van der Waals surface area contributed by atoms with Crippen LogP contribution in [0.2, 0.25) is 0 Å². The Morgan fingerprint density at radius 3 is 2.79 bits per heavy atom. The van der Waals surface area contributed by atoms with Gasteiger partial charge in [-0.25, -0.2) is 14.8 Å². The third-order valence-corrected chi connectivity index (χ3v) is 3.72. The average molecular weight is 377 g/mol. The van der Waals surface area contributed by atoms with E-state index in [1.54, 1.807) is 37.3 Å². The SMILES string of the molecule is CCOc1ccc(C=NNc2nc(-c3ccccc3)c(C#N)c(=O)[nH]2)cc1F. The molecule has 1 heterocycles. The van der Waals surface area contributed by atoms with E-state index in [9.17, 15) is 14.4 Å². The molecule has 8 heteroatoms. The molecule has 3 rings (SSSR count). The van der Waals surface area contributed by atoms with Crippen molar-refractivity contribution in [2.45, 2.75) is 6.92 Å². The standard InChI is InChI=1S/C20H16FN5O2/c1-2-28-17-9-8-13(10-16(17)21)12-23-26-20-24-18(14-6-4-3-5-7-14)15(11-22)19(27)25-20/h3-10,12H,2H2,1H3,(H2,24,25,26,27). The Labute approximate surface area is 160 Å². The fraction of sp³-hybridized carbons (Fsp3) is 0.100. The molecule has 0 aliphatic heterocycles. The van der Waals surface area contributed by atoms with Gasteiger partial charge >= 0.3 is 0 Å². The van der Waals surface area contributed by atoms with E-state index in [2.05, 4.69) is 20.5 Å². The molecule has 0 aliphatic rings. The summed E-state index contributed by atoms with van der Waals surface area (Å²) in [5.74, 6) is -0.272. The zero-order valence-corrected chi connectivity index (χ0v) is 14.9. The largest absolute Gasteiger partial charge is 0.491 e. The van der Waals surface area contributed by atoms with E-state index in [1.807, 2.05) is 12.1 Å². The van der Waals surface area contributed by atoms with Crippen LogP contribution in [0.25, 0.3) is 11.3 Å². The number of nitrogens with zero attached hydrogens (tertiary/aromatic N) is 3. The second-order valence-corrected chi connectivity index (χ2v) is 5.61. The molecule has 0 fully saturated rings. The lowest BCUT2D eigenvalue weighted by Crippen LogP contribution is -2.16. The number of ether oxygens (including phenoxy) is 1. The number of aromatic amines is 1. The number of hydrogen-bond donors (Lipinski definition) is 2. The Bertz CT molecular complexity index is 1100. The molecule has 140 valence electrons. The van der Waals surface area contributed by atoms with Crippen LogP contribution in [0, 0.1) is 17.1 Å². The maximum atomic E-state index is 13.9. The monoisotopic (exact) mass is 377 g/mol. The van der Waals surface area contributed by atoms with Gasteiger partial charge in [-0.2, -0.15) is 10.4 Å². The molecule has 0 aliphatic carbocycles. The van der Waals surface area contributed by atoms with Crippen LogP contribution in [-0.4, -0.2) is 22.8 Å². The summed E-state index contributed by atoms with van der Waals surface area (Å²) in [6, 6.07) is 15.2. The van der Waals surface area contributed by atoms with Crippen molar-refractivity contribution < 1.29 is 9.13 Å². The normalized spacial score (nSPS) is 10.6. The average Bonchev–Trinajstić information content (AvgIpc) is 2.70. The van der Waals surface area contributed by atoms with Crippen molar-refractivity contribution in [3.8, 4) is 23.1 Å². The molecule has 28 heavy (non-hydrogen) atoms. The van der Waals surface area contributed by atoms with Crippen molar-refractivity contribution in [3.05, 3.63) is 75.8 Å². The number of hydrogen-bond acceptors (Lipinski definition) is 6. The van der Waals surface area contributed by atoms with Gasteiger partial charge in [0, 0.05) is 5.56 Å². The third-order valence-electron chi connectivity index (χ3n) is 3.72. The summed E-state index contributed by atoms with van der Waals surface area (Å²) in [5.41, 5.74) is 3.29. The first-order valence-corrected chi connectivity index (χ1v) is 8.43. The minimum atomic E-state index is -0.582. The fourth-order valence-electron chi connectivity index (χ4n) is 2.47. The second kappa shape index (κ2) is 8.60. The van der Waals surface area contributed by atoms with Crippen molar-refractivity contribution in [2.75, 3.05) is 12.0 Å². The Morgan fingerprint density at radius 2 is 2.11 bits per heavy atom. The van der Waals surface area contributed by atoms with Gasteiger partial charge in [0.15, 0.2) is 11.6 Å². The van der Waals surface area contributed by atoms with Crippen molar-refractivity contribution in [3.63, 3.8) is 0 Å². The molecule has 0 unspecified atom stereocenters. The number of nitrogens with one attached hydrogen (secondary N) is 2. The predicted octanol–water partition coefficient (Wildman–Crippen LogP) is 3.29. The molecular weight excluding hydrogens is 361 g/mol. The number of rotatable bonds is 6. The first-order valence-electron chi connectivity index (χ1n) is 8.43. The van der Waals surface area contributed by atoms with Crippen molar-refractivity contribution in [1.29, 1.82) is 5.26 Å². The molecule has 3 aromatic rings. The zero-order chi connectivity index (χ0) is 19.9. The number of halogens is 1. The zero-order valence-electron chi connectivity index (χ0n) is 14.9. The summed E-state index contributed by atoms with van der Waals surface area (Å²) in [5, 5.41) is 13.2. The molecule has 0 saturated carbocycles. The number of nitriles is 1. The topological polar surface area (TPSA) is 103 Å². The maximum absolute atomic E-state index is 13.9. The molecule has 0 spiro atoms. The first kappa shape index (κ1) is 18.8. The smallest absolute Gasteiger partial charge is 0.270 e. The molecule has 2 N–H and O–H groups in total. The van der Waals surface area contributed by atoms with E-state index in [0.717, 1.165) is 0 Å². The van der Waals surface area contributed by atoms with Crippen LogP contribution >= 0.6 is 0 Å². The Kier molecular flexibility index (Phi) is 5.77. The molecule has 1 aromatic heterocycles. The summed E-state index contributed by atoms with van der Waals surface area (Å²) in [6.45, 7) is 2.14. The first-order chi connectivity index (χ1) is 13.6. The summed E-state index contributed by atoms with van der Waals surface area (Å²) in [7, 11) is 0. The van der Waals surface area contributed by atoms with Gasteiger partial charge in [0.25, 0.3) is 5.56 Å². The quantitative estimate of drug-likeness (QED) is 0.507. The number of hydrazone groups is 1. The summed E-state index contributed by atoms with van der Waals surface area (Å²) >= 11 is 0. The van der Waals surface area contributed by atoms with E-state index >= 15 is 0 Å². The van der Waals surface area contributed by atoms with Crippen molar-refractivity contribution in [1.82, 2.24) is 9.97 Å². The van der Waals surface area contributed by atoms with Gasteiger partial charge in [-0.3, -0.25) is 9.78 Å². The highest BCUT2D eigenvalue weighted by Gasteiger charge is 2.12. The summed E-state index contributed by atoms with van der Waals surface area (Å²) < 4.78 is 19.0. The van der Waals surface area contributed by atoms with Gasteiger partial charge in [0.05, 0.1) is 18.5 Å². The van der Waals surface area contributed by atoms with E-state index in [4.69, 9.17) is 4.74 Å². The van der Waals surface area contributed by atoms with Gasteiger partial charge in [-0.15, -0.1) is 0 Å². The van der Waals surface area contributed by atoms with Crippen LogP contribution in [0.5, 0.6) is 5.75 Å². The fourth-order valence-corrected chi connectivity index (χ4v) is 2.47. The minimum absolute atomic E-state index is 0.0607. The van der Waals surface area contributed by atoms with Crippen LogP contribution < -0.4 is 15.7 Å². The van der Waals surface area contributed by atoms with E-state index in [0.29, 0.717) is 17.7 Å². The summed E-state index contributed by atoms with van der Waals surface area (Å²) in [4.78, 5) is 18.9. The maximum Gasteiger partial charge on any atom is 0.270 e. The van der Waals surface area contributed by atoms with Gasteiger partial charge in [-0.05, 0) is 30.7 Å². The van der Waals surface area contributed by atoms with Crippen LogP contribution in [0.3, 0.4) is 0 Å². The lowest BCUT2D eigenvalue weighted by atomic mass is 10.1. The van der Waals surface area contributed by atoms with E-state index < -0.39 is 11.4 Å². The Morgan fingerprint density at radius 1 is 1.32 bits per heavy atom. The highest BCUT2D eigenvalue weighted by molar-refractivity contribution is 5.80. The molecular formula is C20H16FN5O2. The lowest BCUT2D eigenvalue weighted by Gasteiger charge is -2.06. The molecule has 0 atom stereocenters. The molecule has 0 bridgehead atoms. The number of benzene rings is 2. The highest BCUT2D eigenvalue weighted by atomic mass is 19.1. The molecule has 7 nitrogen and oxygen atoms in total. The lowest BCUT2D eigenvalue weighted by molar-refractivity contribution is 0.321. The molecule has 0 amide bonds. The van der Waals surface area contributed by atoms with Gasteiger partial charge in [0.2, 0.25) is 5.95 Å². The number of aromatic nitrogens is 2. The van der Waals surface area contributed by atoms with Gasteiger partial charge in [-0.1, -0.05) is 30.3 Å². The number of anilines is 1. The molecule has 0 saturated heterocycles. The Hall–Kier alpha value is -3.99. The van der Waals surface area contributed by atoms with E-state index in [1.165, 1.54) is 18.3 Å². The van der Waals surface area contributed by atoms with E-state index in [-0.39, 0.29) is 23.0 Å². The van der Waals surface area contributed by atoms with Crippen LogP contribution in [0.15, 0.2) is 58.4 Å².